The second-order valence-electron chi connectivity index (χ2n) is 2.95. The van der Waals surface area contributed by atoms with Crippen LogP contribution in [0.2, 0.25) is 5.02 Å². The Morgan fingerprint density at radius 3 is 2.50 bits per heavy atom. The van der Waals surface area contributed by atoms with Gasteiger partial charge in [0.05, 0.1) is 17.7 Å². The second-order valence-corrected chi connectivity index (χ2v) is 3.35. The molecule has 0 aliphatic heterocycles. The standard InChI is InChI=1S/C10H5ClF3NO3/c1-17-9(16)8-5(4-15)7(3-2-6(8)11)18-10(12,13)14/h2-3H,1H3. The molecule has 0 saturated carbocycles. The monoisotopic (exact) mass is 279 g/mol. The van der Waals surface area contributed by atoms with Crippen molar-refractivity contribution in [2.75, 3.05) is 7.11 Å². The normalized spacial score (nSPS) is 10.7. The first kappa shape index (κ1) is 14.1. The first-order valence-corrected chi connectivity index (χ1v) is 4.74. The minimum Gasteiger partial charge on any atom is -0.465 e. The number of carbonyl (C=O) groups is 1. The number of carbonyl (C=O) groups excluding carboxylic acids is 1. The Kier molecular flexibility index (Phi) is 4.03. The van der Waals surface area contributed by atoms with Crippen molar-refractivity contribution in [1.82, 2.24) is 0 Å². The summed E-state index contributed by atoms with van der Waals surface area (Å²) in [4.78, 5) is 11.3. The summed E-state index contributed by atoms with van der Waals surface area (Å²) in [7, 11) is 1.01. The van der Waals surface area contributed by atoms with Crippen LogP contribution >= 0.6 is 11.6 Å². The Bertz CT molecular complexity index is 522. The molecule has 0 saturated heterocycles. The smallest absolute Gasteiger partial charge is 0.465 e. The van der Waals surface area contributed by atoms with Gasteiger partial charge in [-0.3, -0.25) is 0 Å². The van der Waals surface area contributed by atoms with E-state index in [0.29, 0.717) is 0 Å². The maximum Gasteiger partial charge on any atom is 0.573 e. The highest BCUT2D eigenvalue weighted by Gasteiger charge is 2.33. The van der Waals surface area contributed by atoms with Gasteiger partial charge in [-0.25, -0.2) is 4.79 Å². The number of nitriles is 1. The molecule has 0 aliphatic rings. The van der Waals surface area contributed by atoms with Crippen molar-refractivity contribution < 1.29 is 27.4 Å². The fraction of sp³-hybridized carbons (Fsp3) is 0.200. The Hall–Kier alpha value is -1.94. The molecule has 18 heavy (non-hydrogen) atoms. The van der Waals surface area contributed by atoms with Gasteiger partial charge in [-0.05, 0) is 12.1 Å². The zero-order chi connectivity index (χ0) is 13.9. The summed E-state index contributed by atoms with van der Waals surface area (Å²) < 4.78 is 44.2. The van der Waals surface area contributed by atoms with Crippen LogP contribution < -0.4 is 4.74 Å². The van der Waals surface area contributed by atoms with E-state index in [9.17, 15) is 18.0 Å². The maximum atomic E-state index is 12.1. The summed E-state index contributed by atoms with van der Waals surface area (Å²) in [5, 5.41) is 8.60. The van der Waals surface area contributed by atoms with Gasteiger partial charge >= 0.3 is 12.3 Å². The average molecular weight is 280 g/mol. The molecule has 0 heterocycles. The predicted molar refractivity (Wildman–Crippen MR) is 54.2 cm³/mol. The van der Waals surface area contributed by atoms with Crippen LogP contribution in [0.15, 0.2) is 12.1 Å². The lowest BCUT2D eigenvalue weighted by Gasteiger charge is -2.12. The lowest BCUT2D eigenvalue weighted by Crippen LogP contribution is -2.19. The largest absolute Gasteiger partial charge is 0.573 e. The van der Waals surface area contributed by atoms with Crippen LogP contribution in [-0.4, -0.2) is 19.4 Å². The average Bonchev–Trinajstić information content (AvgIpc) is 2.28. The van der Waals surface area contributed by atoms with E-state index in [4.69, 9.17) is 16.9 Å². The van der Waals surface area contributed by atoms with Gasteiger partial charge in [0.15, 0.2) is 0 Å². The predicted octanol–water partition coefficient (Wildman–Crippen LogP) is 2.90. The van der Waals surface area contributed by atoms with Crippen LogP contribution in [0.5, 0.6) is 5.75 Å². The number of nitrogens with zero attached hydrogens (tertiary/aromatic N) is 1. The van der Waals surface area contributed by atoms with Crippen LogP contribution in [0.1, 0.15) is 15.9 Å². The number of hydrogen-bond donors (Lipinski definition) is 0. The fourth-order valence-corrected chi connectivity index (χ4v) is 1.42. The highest BCUT2D eigenvalue weighted by atomic mass is 35.5. The fourth-order valence-electron chi connectivity index (χ4n) is 1.18. The molecule has 0 bridgehead atoms. The van der Waals surface area contributed by atoms with Gasteiger partial charge in [0.2, 0.25) is 0 Å². The Morgan fingerprint density at radius 2 is 2.06 bits per heavy atom. The summed E-state index contributed by atoms with van der Waals surface area (Å²) >= 11 is 5.64. The van der Waals surface area contributed by atoms with Crippen molar-refractivity contribution in [2.24, 2.45) is 0 Å². The van der Waals surface area contributed by atoms with Crippen LogP contribution in [0.25, 0.3) is 0 Å². The van der Waals surface area contributed by atoms with Crippen molar-refractivity contribution in [3.63, 3.8) is 0 Å². The van der Waals surface area contributed by atoms with Gasteiger partial charge in [0.25, 0.3) is 0 Å². The van der Waals surface area contributed by atoms with Gasteiger partial charge in [-0.1, -0.05) is 11.6 Å². The number of halogens is 4. The summed E-state index contributed by atoms with van der Waals surface area (Å²) in [6.07, 6.45) is -4.98. The number of ether oxygens (including phenoxy) is 2. The van der Waals surface area contributed by atoms with Crippen molar-refractivity contribution >= 4 is 17.6 Å². The summed E-state index contributed by atoms with van der Waals surface area (Å²) in [6.45, 7) is 0. The van der Waals surface area contributed by atoms with E-state index in [1.807, 2.05) is 0 Å². The number of alkyl halides is 3. The van der Waals surface area contributed by atoms with Gasteiger partial charge in [-0.15, -0.1) is 13.2 Å². The molecule has 0 spiro atoms. The number of rotatable bonds is 2. The minimum absolute atomic E-state index is 0.201. The SMILES string of the molecule is COC(=O)c1c(Cl)ccc(OC(F)(F)F)c1C#N. The molecule has 0 aromatic heterocycles. The van der Waals surface area contributed by atoms with Gasteiger partial charge < -0.3 is 9.47 Å². The van der Waals surface area contributed by atoms with Crippen LogP contribution in [0.3, 0.4) is 0 Å². The molecule has 1 rings (SSSR count). The molecular formula is C10H5ClF3NO3. The number of methoxy groups -OCH3 is 1. The van der Waals surface area contributed by atoms with Crippen molar-refractivity contribution in [1.29, 1.82) is 5.26 Å². The number of hydrogen-bond acceptors (Lipinski definition) is 4. The van der Waals surface area contributed by atoms with Gasteiger partial charge in [0, 0.05) is 0 Å². The topological polar surface area (TPSA) is 59.3 Å². The van der Waals surface area contributed by atoms with Crippen molar-refractivity contribution in [2.45, 2.75) is 6.36 Å². The van der Waals surface area contributed by atoms with Crippen molar-refractivity contribution in [3.05, 3.63) is 28.3 Å². The van der Waals surface area contributed by atoms with E-state index in [1.165, 1.54) is 6.07 Å². The van der Waals surface area contributed by atoms with E-state index >= 15 is 0 Å². The molecule has 0 radical (unpaired) electrons. The number of benzene rings is 1. The van der Waals surface area contributed by atoms with E-state index in [2.05, 4.69) is 9.47 Å². The molecule has 0 N–H and O–H groups in total. The van der Waals surface area contributed by atoms with E-state index in [1.54, 1.807) is 0 Å². The van der Waals surface area contributed by atoms with Gasteiger partial charge in [-0.2, -0.15) is 5.26 Å². The van der Waals surface area contributed by atoms with Crippen LogP contribution in [0.4, 0.5) is 13.2 Å². The minimum atomic E-state index is -4.98. The summed E-state index contributed by atoms with van der Waals surface area (Å²) in [6, 6.07) is 3.29. The highest BCUT2D eigenvalue weighted by molar-refractivity contribution is 6.34. The molecule has 96 valence electrons. The molecule has 0 aliphatic carbocycles. The third-order valence-corrected chi connectivity index (χ3v) is 2.16. The third-order valence-electron chi connectivity index (χ3n) is 1.84. The summed E-state index contributed by atoms with van der Waals surface area (Å²) in [5.41, 5.74) is -1.10. The van der Waals surface area contributed by atoms with Gasteiger partial charge in [0.1, 0.15) is 17.4 Å². The molecule has 4 nitrogen and oxygen atoms in total. The molecule has 8 heteroatoms. The van der Waals surface area contributed by atoms with Crippen molar-refractivity contribution in [3.8, 4) is 11.8 Å². The van der Waals surface area contributed by atoms with E-state index in [-0.39, 0.29) is 5.02 Å². The second kappa shape index (κ2) is 5.14. The number of esters is 1. The summed E-state index contributed by atoms with van der Waals surface area (Å²) in [5.74, 6) is -1.83. The highest BCUT2D eigenvalue weighted by Crippen LogP contribution is 2.32. The Balaban J connectivity index is 3.40. The molecule has 0 atom stereocenters. The lowest BCUT2D eigenvalue weighted by molar-refractivity contribution is -0.274. The zero-order valence-corrected chi connectivity index (χ0v) is 9.59. The van der Waals surface area contributed by atoms with E-state index in [0.717, 1.165) is 19.2 Å². The Morgan fingerprint density at radius 1 is 1.44 bits per heavy atom. The lowest BCUT2D eigenvalue weighted by atomic mass is 10.1. The first-order chi connectivity index (χ1) is 8.30. The first-order valence-electron chi connectivity index (χ1n) is 4.36. The molecule has 0 unspecified atom stereocenters. The molecule has 1 aromatic rings. The molecular weight excluding hydrogens is 275 g/mol. The molecule has 0 amide bonds. The molecule has 1 aromatic carbocycles. The zero-order valence-electron chi connectivity index (χ0n) is 8.84. The quantitative estimate of drug-likeness (QED) is 0.781. The van der Waals surface area contributed by atoms with E-state index < -0.39 is 29.2 Å². The van der Waals surface area contributed by atoms with Crippen LogP contribution in [-0.2, 0) is 4.74 Å². The van der Waals surface area contributed by atoms with Crippen LogP contribution in [0, 0.1) is 11.3 Å². The molecule has 0 fully saturated rings. The Labute approximate surface area is 104 Å². The maximum absolute atomic E-state index is 12.1. The third kappa shape index (κ3) is 3.05.